The van der Waals surface area contributed by atoms with E-state index in [9.17, 15) is 22.4 Å². The van der Waals surface area contributed by atoms with E-state index >= 15 is 0 Å². The summed E-state index contributed by atoms with van der Waals surface area (Å²) < 4.78 is 53.7. The zero-order valence-corrected chi connectivity index (χ0v) is 17.2. The van der Waals surface area contributed by atoms with Crippen LogP contribution in [-0.2, 0) is 23.8 Å². The van der Waals surface area contributed by atoms with Crippen molar-refractivity contribution in [3.8, 4) is 11.3 Å². The Morgan fingerprint density at radius 2 is 1.91 bits per heavy atom. The van der Waals surface area contributed by atoms with Crippen LogP contribution in [0.15, 0.2) is 42.7 Å². The minimum atomic E-state index is -4.59. The molecule has 1 aliphatic carbocycles. The highest BCUT2D eigenvalue weighted by atomic mass is 19.4. The van der Waals surface area contributed by atoms with Gasteiger partial charge in [-0.05, 0) is 37.1 Å². The summed E-state index contributed by atoms with van der Waals surface area (Å²) in [5.41, 5.74) is 2.56. The van der Waals surface area contributed by atoms with Gasteiger partial charge in [0.1, 0.15) is 5.82 Å². The Hall–Kier alpha value is -3.62. The average Bonchev–Trinajstić information content (AvgIpc) is 3.10. The van der Waals surface area contributed by atoms with Gasteiger partial charge in [0, 0.05) is 17.7 Å². The van der Waals surface area contributed by atoms with E-state index in [1.165, 1.54) is 19.1 Å². The van der Waals surface area contributed by atoms with Gasteiger partial charge in [0.05, 0.1) is 47.1 Å². The van der Waals surface area contributed by atoms with Crippen molar-refractivity contribution in [3.63, 3.8) is 0 Å². The van der Waals surface area contributed by atoms with Crippen LogP contribution >= 0.6 is 0 Å². The number of aryl methyl sites for hydroxylation is 1. The van der Waals surface area contributed by atoms with Crippen LogP contribution in [0, 0.1) is 12.7 Å². The molecule has 3 aromatic rings. The normalized spacial score (nSPS) is 13.0. The molecular weight excluding hydrogens is 424 g/mol. The van der Waals surface area contributed by atoms with Crippen molar-refractivity contribution in [2.24, 2.45) is 0 Å². The first-order valence-corrected chi connectivity index (χ1v) is 9.77. The number of hydrogen-bond donors (Lipinski definition) is 1. The van der Waals surface area contributed by atoms with Crippen LogP contribution in [0.4, 0.5) is 23.2 Å². The molecule has 0 spiro atoms. The van der Waals surface area contributed by atoms with Gasteiger partial charge in [-0.1, -0.05) is 18.2 Å². The number of alkyl halides is 3. The molecule has 0 aliphatic heterocycles. The van der Waals surface area contributed by atoms with E-state index in [0.717, 1.165) is 35.6 Å². The summed E-state index contributed by atoms with van der Waals surface area (Å²) >= 11 is 0. The molecule has 9 heteroatoms. The molecule has 0 fully saturated rings. The maximum absolute atomic E-state index is 14.7. The Morgan fingerprint density at radius 3 is 2.62 bits per heavy atom. The number of benzene rings is 1. The van der Waals surface area contributed by atoms with Crippen molar-refractivity contribution in [1.29, 1.82) is 0 Å². The van der Waals surface area contributed by atoms with Crippen molar-refractivity contribution < 1.29 is 22.4 Å². The number of aromatic nitrogens is 3. The number of hydrogen-bond acceptors (Lipinski definition) is 4. The SMILES string of the molecule is CC1=CCc2ncc(-c3ccc(CC(=O)Nc4cnc(C)c(C(F)(F)F)c4)c(F)c3)nc21. The number of halogens is 4. The topological polar surface area (TPSA) is 67.8 Å². The van der Waals surface area contributed by atoms with E-state index in [0.29, 0.717) is 11.3 Å². The van der Waals surface area contributed by atoms with Gasteiger partial charge in [0.15, 0.2) is 0 Å². The third-order valence-corrected chi connectivity index (χ3v) is 5.20. The van der Waals surface area contributed by atoms with Crippen LogP contribution in [0.25, 0.3) is 16.8 Å². The summed E-state index contributed by atoms with van der Waals surface area (Å²) in [5.74, 6) is -1.28. The smallest absolute Gasteiger partial charge is 0.324 e. The molecule has 1 aromatic carbocycles. The van der Waals surface area contributed by atoms with Gasteiger partial charge in [-0.25, -0.2) is 9.37 Å². The van der Waals surface area contributed by atoms with Crippen molar-refractivity contribution >= 4 is 17.2 Å². The van der Waals surface area contributed by atoms with Gasteiger partial charge in [-0.15, -0.1) is 0 Å². The molecule has 0 saturated carbocycles. The molecule has 0 radical (unpaired) electrons. The first-order valence-electron chi connectivity index (χ1n) is 9.77. The second-order valence-electron chi connectivity index (χ2n) is 7.53. The van der Waals surface area contributed by atoms with E-state index in [1.807, 2.05) is 13.0 Å². The van der Waals surface area contributed by atoms with E-state index in [1.54, 1.807) is 12.3 Å². The lowest BCUT2D eigenvalue weighted by Crippen LogP contribution is -2.17. The van der Waals surface area contributed by atoms with Gasteiger partial charge in [0.2, 0.25) is 5.91 Å². The molecule has 2 heterocycles. The molecule has 0 atom stereocenters. The Labute approximate surface area is 181 Å². The summed E-state index contributed by atoms with van der Waals surface area (Å²) in [6.45, 7) is 3.17. The molecule has 0 bridgehead atoms. The predicted octanol–water partition coefficient (Wildman–Crippen LogP) is 5.15. The number of carbonyl (C=O) groups is 1. The van der Waals surface area contributed by atoms with E-state index in [4.69, 9.17) is 0 Å². The maximum atomic E-state index is 14.7. The molecule has 1 aliphatic rings. The Balaban J connectivity index is 1.49. The van der Waals surface area contributed by atoms with Gasteiger partial charge in [0.25, 0.3) is 0 Å². The Kier molecular flexibility index (Phi) is 5.50. The number of nitrogens with zero attached hydrogens (tertiary/aromatic N) is 3. The highest BCUT2D eigenvalue weighted by Crippen LogP contribution is 2.32. The lowest BCUT2D eigenvalue weighted by molar-refractivity contribution is -0.138. The fourth-order valence-corrected chi connectivity index (χ4v) is 3.48. The lowest BCUT2D eigenvalue weighted by atomic mass is 10.1. The van der Waals surface area contributed by atoms with Gasteiger partial charge in [-0.3, -0.25) is 14.8 Å². The van der Waals surface area contributed by atoms with E-state index in [-0.39, 0.29) is 23.4 Å². The number of pyridine rings is 1. The summed E-state index contributed by atoms with van der Waals surface area (Å²) in [5, 5.41) is 2.34. The van der Waals surface area contributed by atoms with Crippen LogP contribution in [0.2, 0.25) is 0 Å². The fraction of sp³-hybridized carbons (Fsp3) is 0.217. The Morgan fingerprint density at radius 1 is 1.12 bits per heavy atom. The summed E-state index contributed by atoms with van der Waals surface area (Å²) in [7, 11) is 0. The second kappa shape index (κ2) is 8.14. The first kappa shape index (κ1) is 21.6. The summed E-state index contributed by atoms with van der Waals surface area (Å²) in [4.78, 5) is 24.9. The molecule has 0 unspecified atom stereocenters. The van der Waals surface area contributed by atoms with Crippen LogP contribution in [0.5, 0.6) is 0 Å². The molecule has 1 N–H and O–H groups in total. The van der Waals surface area contributed by atoms with Crippen LogP contribution < -0.4 is 5.32 Å². The third kappa shape index (κ3) is 4.37. The standard InChI is InChI=1S/C23H18F4N4O/c1-12-3-6-19-22(12)31-20(11-29-19)15-5-4-14(18(24)7-15)8-21(32)30-16-9-17(23(25,26)27)13(2)28-10-16/h3-5,7,9-11H,6,8H2,1-2H3,(H,30,32). The second-order valence-corrected chi connectivity index (χ2v) is 7.53. The third-order valence-electron chi connectivity index (χ3n) is 5.20. The molecule has 2 aromatic heterocycles. The summed E-state index contributed by atoms with van der Waals surface area (Å²) in [6.07, 6.45) is 0.517. The monoisotopic (exact) mass is 442 g/mol. The highest BCUT2D eigenvalue weighted by Gasteiger charge is 2.33. The number of carbonyl (C=O) groups excluding carboxylic acids is 1. The average molecular weight is 442 g/mol. The molecular formula is C23H18F4N4O. The van der Waals surface area contributed by atoms with Crippen molar-refractivity contribution in [1.82, 2.24) is 15.0 Å². The van der Waals surface area contributed by atoms with Crippen LogP contribution in [0.1, 0.15) is 35.1 Å². The molecule has 5 nitrogen and oxygen atoms in total. The number of rotatable bonds is 4. The molecule has 32 heavy (non-hydrogen) atoms. The Bertz CT molecular complexity index is 1250. The van der Waals surface area contributed by atoms with Gasteiger partial charge < -0.3 is 5.32 Å². The number of nitrogens with one attached hydrogen (secondary N) is 1. The summed E-state index contributed by atoms with van der Waals surface area (Å²) in [6, 6.07) is 5.16. The number of fused-ring (bicyclic) bond motifs is 1. The minimum absolute atomic E-state index is 0.104. The zero-order valence-electron chi connectivity index (χ0n) is 17.2. The van der Waals surface area contributed by atoms with E-state index in [2.05, 4.69) is 20.3 Å². The predicted molar refractivity (Wildman–Crippen MR) is 111 cm³/mol. The van der Waals surface area contributed by atoms with Crippen LogP contribution in [0.3, 0.4) is 0 Å². The van der Waals surface area contributed by atoms with Crippen molar-refractivity contribution in [2.45, 2.75) is 32.9 Å². The van der Waals surface area contributed by atoms with Gasteiger partial charge >= 0.3 is 6.18 Å². The zero-order chi connectivity index (χ0) is 23.0. The molecule has 164 valence electrons. The van der Waals surface area contributed by atoms with Crippen molar-refractivity contribution in [2.75, 3.05) is 5.32 Å². The number of anilines is 1. The largest absolute Gasteiger partial charge is 0.418 e. The van der Waals surface area contributed by atoms with Crippen LogP contribution in [-0.4, -0.2) is 20.9 Å². The molecule has 1 amide bonds. The number of amides is 1. The van der Waals surface area contributed by atoms with E-state index < -0.39 is 23.5 Å². The van der Waals surface area contributed by atoms with Crippen molar-refractivity contribution in [3.05, 3.63) is 76.8 Å². The molecule has 0 saturated heterocycles. The first-order chi connectivity index (χ1) is 15.1. The minimum Gasteiger partial charge on any atom is -0.324 e. The maximum Gasteiger partial charge on any atom is 0.418 e. The quantitative estimate of drug-likeness (QED) is 0.568. The lowest BCUT2D eigenvalue weighted by Gasteiger charge is -2.12. The number of allylic oxidation sites excluding steroid dienone is 2. The molecule has 4 rings (SSSR count). The fourth-order valence-electron chi connectivity index (χ4n) is 3.48. The highest BCUT2D eigenvalue weighted by molar-refractivity contribution is 5.92. The van der Waals surface area contributed by atoms with Gasteiger partial charge in [-0.2, -0.15) is 13.2 Å².